The predicted octanol–water partition coefficient (Wildman–Crippen LogP) is 0.660. The number of carbonyl (C=O) groups is 3. The summed E-state index contributed by atoms with van der Waals surface area (Å²) in [6.45, 7) is 2.01. The molecule has 1 fully saturated rings. The molecule has 1 aliphatic rings. The molecule has 2 aromatic rings. The zero-order valence-corrected chi connectivity index (χ0v) is 15.6. The van der Waals surface area contributed by atoms with Crippen LogP contribution in [0.3, 0.4) is 0 Å². The number of fused-ring (bicyclic) bond motifs is 1. The van der Waals surface area contributed by atoms with Gasteiger partial charge >= 0.3 is 0 Å². The molecule has 148 valence electrons. The lowest BCUT2D eigenvalue weighted by molar-refractivity contribution is -0.142. The molecular weight excluding hydrogens is 360 g/mol. The number of carbonyl (C=O) groups excluding carboxylic acids is 3. The summed E-state index contributed by atoms with van der Waals surface area (Å²) in [4.78, 5) is 38.9. The molecule has 1 saturated heterocycles. The average molecular weight is 384 g/mol. The van der Waals surface area contributed by atoms with Gasteiger partial charge in [-0.25, -0.2) is 5.84 Å². The maximum absolute atomic E-state index is 12.4. The molecule has 28 heavy (non-hydrogen) atoms. The van der Waals surface area contributed by atoms with Crippen LogP contribution in [0.2, 0.25) is 0 Å². The number of rotatable bonds is 6. The second kappa shape index (κ2) is 9.18. The van der Waals surface area contributed by atoms with Crippen LogP contribution in [0.25, 0.3) is 10.8 Å². The van der Waals surface area contributed by atoms with E-state index in [0.29, 0.717) is 32.8 Å². The molecule has 2 aromatic carbocycles. The number of hydrazine groups is 1. The van der Waals surface area contributed by atoms with Crippen molar-refractivity contribution >= 4 is 28.5 Å². The zero-order valence-electron chi connectivity index (χ0n) is 15.6. The van der Waals surface area contributed by atoms with E-state index in [1.54, 1.807) is 9.80 Å². The summed E-state index contributed by atoms with van der Waals surface area (Å²) in [5, 5.41) is 2.11. The summed E-state index contributed by atoms with van der Waals surface area (Å²) in [5.41, 5.74) is 1.94. The van der Waals surface area contributed by atoms with E-state index in [-0.39, 0.29) is 24.7 Å². The van der Waals surface area contributed by atoms with Crippen LogP contribution >= 0.6 is 0 Å². The van der Waals surface area contributed by atoms with Crippen LogP contribution < -0.4 is 16.0 Å². The average Bonchev–Trinajstić information content (AvgIpc) is 2.73. The van der Waals surface area contributed by atoms with Gasteiger partial charge in [0.2, 0.25) is 17.7 Å². The van der Waals surface area contributed by atoms with E-state index in [0.717, 1.165) is 16.5 Å². The zero-order chi connectivity index (χ0) is 19.9. The van der Waals surface area contributed by atoms with Crippen molar-refractivity contribution in [3.63, 3.8) is 0 Å². The van der Waals surface area contributed by atoms with E-state index in [1.807, 2.05) is 47.9 Å². The first-order valence-corrected chi connectivity index (χ1v) is 9.24. The van der Waals surface area contributed by atoms with Gasteiger partial charge in [0.25, 0.3) is 0 Å². The highest BCUT2D eigenvalue weighted by Crippen LogP contribution is 2.25. The molecule has 0 aliphatic carbocycles. The van der Waals surface area contributed by atoms with Gasteiger partial charge in [-0.3, -0.25) is 19.8 Å². The van der Waals surface area contributed by atoms with Crippen molar-refractivity contribution in [2.75, 3.05) is 32.8 Å². The van der Waals surface area contributed by atoms with Crippen molar-refractivity contribution in [1.29, 1.82) is 0 Å². The molecule has 0 atom stereocenters. The van der Waals surface area contributed by atoms with E-state index in [4.69, 9.17) is 10.6 Å². The van der Waals surface area contributed by atoms with E-state index >= 15 is 0 Å². The molecule has 0 saturated carbocycles. The Morgan fingerprint density at radius 3 is 2.29 bits per heavy atom. The minimum Gasteiger partial charge on any atom is -0.492 e. The van der Waals surface area contributed by atoms with Gasteiger partial charge in [0.05, 0.1) is 13.0 Å². The largest absolute Gasteiger partial charge is 0.492 e. The number of piperazine rings is 1. The fraction of sp³-hybridized carbons (Fsp3) is 0.350. The molecule has 8 heteroatoms. The molecule has 8 nitrogen and oxygen atoms in total. The van der Waals surface area contributed by atoms with E-state index in [1.165, 1.54) is 0 Å². The molecule has 1 aliphatic heterocycles. The number of nitrogens with two attached hydrogens (primary N) is 1. The topological polar surface area (TPSA) is 105 Å². The molecule has 0 unspecified atom stereocenters. The summed E-state index contributed by atoms with van der Waals surface area (Å²) in [6, 6.07) is 13.8. The Morgan fingerprint density at radius 1 is 0.929 bits per heavy atom. The number of nitrogens with zero attached hydrogens (tertiary/aromatic N) is 2. The number of hydrogen-bond acceptors (Lipinski definition) is 5. The summed E-state index contributed by atoms with van der Waals surface area (Å²) >= 11 is 0. The van der Waals surface area contributed by atoms with Gasteiger partial charge < -0.3 is 14.5 Å². The third kappa shape index (κ3) is 4.77. The van der Waals surface area contributed by atoms with Crippen LogP contribution in [-0.4, -0.2) is 60.3 Å². The number of nitrogens with one attached hydrogen (secondary N) is 1. The number of hydrogen-bond donors (Lipinski definition) is 2. The molecule has 0 radical (unpaired) electrons. The monoisotopic (exact) mass is 384 g/mol. The van der Waals surface area contributed by atoms with Gasteiger partial charge in [-0.15, -0.1) is 0 Å². The lowest BCUT2D eigenvalue weighted by atomic mass is 10.1. The molecule has 1 heterocycles. The number of benzene rings is 2. The first-order chi connectivity index (χ1) is 13.6. The second-order valence-corrected chi connectivity index (χ2v) is 6.58. The maximum atomic E-state index is 12.4. The van der Waals surface area contributed by atoms with E-state index in [9.17, 15) is 14.4 Å². The molecule has 0 bridgehead atoms. The Hall–Kier alpha value is -3.13. The smallest absolute Gasteiger partial charge is 0.243 e. The molecule has 0 aromatic heterocycles. The molecule has 3 N–H and O–H groups in total. The van der Waals surface area contributed by atoms with Crippen molar-refractivity contribution in [1.82, 2.24) is 15.2 Å². The second-order valence-electron chi connectivity index (χ2n) is 6.58. The molecular formula is C20H24N4O4. The number of amides is 3. The highest BCUT2D eigenvalue weighted by molar-refractivity contribution is 5.96. The van der Waals surface area contributed by atoms with Crippen molar-refractivity contribution in [3.05, 3.63) is 42.5 Å². The Kier molecular flexibility index (Phi) is 6.44. The molecule has 3 amide bonds. The van der Waals surface area contributed by atoms with Gasteiger partial charge in [-0.1, -0.05) is 36.4 Å². The lowest BCUT2D eigenvalue weighted by Gasteiger charge is -2.34. The van der Waals surface area contributed by atoms with E-state index in [2.05, 4.69) is 0 Å². The Labute approximate surface area is 163 Å². The Morgan fingerprint density at radius 2 is 1.57 bits per heavy atom. The minimum atomic E-state index is -0.519. The summed E-state index contributed by atoms with van der Waals surface area (Å²) in [5.74, 6) is 4.95. The summed E-state index contributed by atoms with van der Waals surface area (Å²) in [7, 11) is 0. The number of ether oxygens (including phenoxy) is 1. The van der Waals surface area contributed by atoms with Crippen molar-refractivity contribution in [3.8, 4) is 5.75 Å². The van der Waals surface area contributed by atoms with E-state index < -0.39 is 5.91 Å². The van der Waals surface area contributed by atoms with Crippen molar-refractivity contribution in [2.45, 2.75) is 12.8 Å². The normalized spacial score (nSPS) is 14.0. The third-order valence-corrected chi connectivity index (χ3v) is 4.78. The summed E-state index contributed by atoms with van der Waals surface area (Å²) in [6.07, 6.45) is -0.00390. The predicted molar refractivity (Wildman–Crippen MR) is 104 cm³/mol. The minimum absolute atomic E-state index is 0.00737. The van der Waals surface area contributed by atoms with Crippen LogP contribution in [0.4, 0.5) is 0 Å². The van der Waals surface area contributed by atoms with Crippen LogP contribution in [0, 0.1) is 0 Å². The van der Waals surface area contributed by atoms with Gasteiger partial charge in [0, 0.05) is 31.6 Å². The fourth-order valence-electron chi connectivity index (χ4n) is 3.23. The fourth-order valence-corrected chi connectivity index (χ4v) is 3.23. The Balaban J connectivity index is 1.45. The lowest BCUT2D eigenvalue weighted by Crippen LogP contribution is -2.51. The van der Waals surface area contributed by atoms with Crippen LogP contribution in [0.1, 0.15) is 12.8 Å². The van der Waals surface area contributed by atoms with Gasteiger partial charge in [-0.05, 0) is 11.5 Å². The van der Waals surface area contributed by atoms with Crippen LogP contribution in [-0.2, 0) is 14.4 Å². The first-order valence-electron chi connectivity index (χ1n) is 9.24. The van der Waals surface area contributed by atoms with Gasteiger partial charge in [0.1, 0.15) is 12.2 Å². The SMILES string of the molecule is NNC(=O)CC(=O)N1CCN(C(=O)CCOc2cccc3ccccc23)CC1. The first kappa shape index (κ1) is 19.6. The standard InChI is InChI=1S/C20H24N4O4/c21-22-18(25)14-20(27)24-11-9-23(10-12-24)19(26)8-13-28-17-7-3-5-15-4-1-2-6-16(15)17/h1-7H,8-14,21H2,(H,22,25). The Bertz CT molecular complexity index is 857. The van der Waals surface area contributed by atoms with Gasteiger partial charge in [0.15, 0.2) is 0 Å². The van der Waals surface area contributed by atoms with Crippen LogP contribution in [0.15, 0.2) is 42.5 Å². The third-order valence-electron chi connectivity index (χ3n) is 4.78. The summed E-state index contributed by atoms with van der Waals surface area (Å²) < 4.78 is 5.83. The van der Waals surface area contributed by atoms with Crippen molar-refractivity contribution in [2.24, 2.45) is 5.84 Å². The quantitative estimate of drug-likeness (QED) is 0.329. The maximum Gasteiger partial charge on any atom is 0.243 e. The highest BCUT2D eigenvalue weighted by Gasteiger charge is 2.25. The molecule has 0 spiro atoms. The highest BCUT2D eigenvalue weighted by atomic mass is 16.5. The van der Waals surface area contributed by atoms with Gasteiger partial charge in [-0.2, -0.15) is 0 Å². The molecule has 3 rings (SSSR count). The van der Waals surface area contributed by atoms with Crippen molar-refractivity contribution < 1.29 is 19.1 Å². The van der Waals surface area contributed by atoms with Crippen LogP contribution in [0.5, 0.6) is 5.75 Å².